The third kappa shape index (κ3) is 1.22. The number of rotatable bonds is 0. The molecule has 0 aliphatic carbocycles. The molecule has 66 valence electrons. The number of carbonyl (C=O) groups is 1. The zero-order valence-electron chi connectivity index (χ0n) is 7.74. The van der Waals surface area contributed by atoms with E-state index in [0.29, 0.717) is 0 Å². The van der Waals surface area contributed by atoms with E-state index in [9.17, 15) is 4.79 Å². The van der Waals surface area contributed by atoms with Crippen LogP contribution in [0.1, 0.15) is 19.5 Å². The van der Waals surface area contributed by atoms with Gasteiger partial charge in [0.2, 0.25) is 0 Å². The maximum absolute atomic E-state index is 11.1. The number of hydrogen-bond donors (Lipinski definition) is 0. The highest BCUT2D eigenvalue weighted by Crippen LogP contribution is 2.13. The van der Waals surface area contributed by atoms with Crippen LogP contribution in [0.5, 0.6) is 0 Å². The lowest BCUT2D eigenvalue weighted by molar-refractivity contribution is 0.219. The van der Waals surface area contributed by atoms with E-state index in [1.807, 2.05) is 26.0 Å². The van der Waals surface area contributed by atoms with Crippen molar-refractivity contribution in [3.63, 3.8) is 0 Å². The molecule has 0 atom stereocenters. The summed E-state index contributed by atoms with van der Waals surface area (Å²) < 4.78 is 1.67. The van der Waals surface area contributed by atoms with Gasteiger partial charge in [-0.15, -0.1) is 0 Å². The summed E-state index contributed by atoms with van der Waals surface area (Å²) in [5.41, 5.74) is 1.08. The van der Waals surface area contributed by atoms with E-state index >= 15 is 0 Å². The minimum absolute atomic E-state index is 0.0694. The van der Waals surface area contributed by atoms with Gasteiger partial charge in [-0.3, -0.25) is 4.57 Å². The lowest BCUT2D eigenvalue weighted by Gasteiger charge is -2.04. The Morgan fingerprint density at radius 1 is 1.42 bits per heavy atom. The predicted molar refractivity (Wildman–Crippen MR) is 48.0 cm³/mol. The first-order chi connectivity index (χ1) is 5.79. The average molecular weight is 166 g/mol. The molecule has 2 rings (SSSR count). The molecule has 0 saturated carbocycles. The van der Waals surface area contributed by atoms with Gasteiger partial charge in [-0.2, -0.15) is 0 Å². The second-order valence-corrected chi connectivity index (χ2v) is 2.51. The minimum Gasteiger partial charge on any atom is -0.321 e. The lowest BCUT2D eigenvalue weighted by Crippen LogP contribution is -2.20. The Morgan fingerprint density at radius 3 is 2.67 bits per heavy atom. The molecule has 0 bridgehead atoms. The van der Waals surface area contributed by atoms with Crippen molar-refractivity contribution in [3.8, 4) is 0 Å². The van der Waals surface area contributed by atoms with E-state index in [1.165, 1.54) is 0 Å². The van der Waals surface area contributed by atoms with Crippen LogP contribution in [-0.4, -0.2) is 22.5 Å². The molecule has 0 N–H and O–H groups in total. The van der Waals surface area contributed by atoms with Crippen LogP contribution in [-0.2, 0) is 6.54 Å². The smallest absolute Gasteiger partial charge is 0.321 e. The van der Waals surface area contributed by atoms with Crippen molar-refractivity contribution in [1.29, 1.82) is 0 Å². The Morgan fingerprint density at radius 2 is 2.08 bits per heavy atom. The first kappa shape index (κ1) is 8.84. The van der Waals surface area contributed by atoms with Gasteiger partial charge in [0.15, 0.2) is 0 Å². The van der Waals surface area contributed by atoms with Crippen LogP contribution in [0, 0.1) is 0 Å². The van der Waals surface area contributed by atoms with Crippen LogP contribution >= 0.6 is 0 Å². The van der Waals surface area contributed by atoms with Gasteiger partial charge in [0, 0.05) is 18.9 Å². The Hall–Kier alpha value is -1.25. The number of amides is 1. The topological polar surface area (TPSA) is 25.2 Å². The van der Waals surface area contributed by atoms with Crippen molar-refractivity contribution < 1.29 is 4.79 Å². The number of aromatic nitrogens is 1. The van der Waals surface area contributed by atoms with Crippen molar-refractivity contribution >= 4 is 6.03 Å². The third-order valence-corrected chi connectivity index (χ3v) is 1.76. The Bertz CT molecular complexity index is 278. The van der Waals surface area contributed by atoms with Gasteiger partial charge in [-0.1, -0.05) is 13.8 Å². The molecular formula is C9H14N2O. The van der Waals surface area contributed by atoms with Crippen LogP contribution < -0.4 is 0 Å². The molecule has 1 aromatic rings. The minimum atomic E-state index is 0.0694. The van der Waals surface area contributed by atoms with E-state index < -0.39 is 0 Å². The summed E-state index contributed by atoms with van der Waals surface area (Å²) in [4.78, 5) is 12.8. The zero-order valence-corrected chi connectivity index (χ0v) is 7.74. The molecule has 2 heterocycles. The molecule has 1 aliphatic rings. The van der Waals surface area contributed by atoms with Crippen molar-refractivity contribution in [3.05, 3.63) is 24.0 Å². The number of hydrogen-bond acceptors (Lipinski definition) is 1. The largest absolute Gasteiger partial charge is 0.328 e. The van der Waals surface area contributed by atoms with Gasteiger partial charge >= 0.3 is 6.03 Å². The van der Waals surface area contributed by atoms with Crippen LogP contribution in [0.2, 0.25) is 0 Å². The van der Waals surface area contributed by atoms with Crippen LogP contribution in [0.3, 0.4) is 0 Å². The van der Waals surface area contributed by atoms with Crippen molar-refractivity contribution in [1.82, 2.24) is 9.47 Å². The molecule has 0 aromatic carbocycles. The number of nitrogens with zero attached hydrogens (tertiary/aromatic N) is 2. The zero-order chi connectivity index (χ0) is 9.14. The van der Waals surface area contributed by atoms with Gasteiger partial charge in [0.05, 0.1) is 6.54 Å². The Balaban J connectivity index is 0.000000336. The first-order valence-electron chi connectivity index (χ1n) is 4.21. The summed E-state index contributed by atoms with van der Waals surface area (Å²) in [6.07, 6.45) is 1.79. The molecule has 0 radical (unpaired) electrons. The van der Waals surface area contributed by atoms with Crippen molar-refractivity contribution in [2.24, 2.45) is 0 Å². The van der Waals surface area contributed by atoms with Crippen LogP contribution in [0.15, 0.2) is 18.3 Å². The number of carbonyl (C=O) groups excluding carboxylic acids is 1. The highest BCUT2D eigenvalue weighted by atomic mass is 16.2. The van der Waals surface area contributed by atoms with Crippen LogP contribution in [0.25, 0.3) is 0 Å². The number of fused-ring (bicyclic) bond motifs is 1. The SMILES string of the molecule is CC.CN1Cc2cccn2C1=O. The Labute approximate surface area is 72.6 Å². The summed E-state index contributed by atoms with van der Waals surface area (Å²) in [5, 5.41) is 0. The molecular weight excluding hydrogens is 152 g/mol. The van der Waals surface area contributed by atoms with Gasteiger partial charge < -0.3 is 4.90 Å². The summed E-state index contributed by atoms with van der Waals surface area (Å²) in [6.45, 7) is 4.74. The second-order valence-electron chi connectivity index (χ2n) is 2.51. The summed E-state index contributed by atoms with van der Waals surface area (Å²) in [6, 6.07) is 3.92. The molecule has 1 amide bonds. The summed E-state index contributed by atoms with van der Waals surface area (Å²) in [7, 11) is 1.80. The second kappa shape index (κ2) is 3.43. The molecule has 1 aliphatic heterocycles. The molecule has 3 nitrogen and oxygen atoms in total. The fourth-order valence-corrected chi connectivity index (χ4v) is 1.23. The van der Waals surface area contributed by atoms with Gasteiger partial charge in [0.1, 0.15) is 0 Å². The lowest BCUT2D eigenvalue weighted by atomic mass is 10.4. The van der Waals surface area contributed by atoms with E-state index in [-0.39, 0.29) is 6.03 Å². The third-order valence-electron chi connectivity index (χ3n) is 1.76. The highest BCUT2D eigenvalue weighted by molar-refractivity contribution is 5.80. The van der Waals surface area contributed by atoms with E-state index in [2.05, 4.69) is 0 Å². The molecule has 0 fully saturated rings. The normalized spacial score (nSPS) is 13.9. The van der Waals surface area contributed by atoms with E-state index in [4.69, 9.17) is 0 Å². The van der Waals surface area contributed by atoms with Gasteiger partial charge in [-0.25, -0.2) is 4.79 Å². The fraction of sp³-hybridized carbons (Fsp3) is 0.444. The maximum Gasteiger partial charge on any atom is 0.328 e. The molecule has 0 spiro atoms. The monoisotopic (exact) mass is 166 g/mol. The van der Waals surface area contributed by atoms with Crippen molar-refractivity contribution in [2.45, 2.75) is 20.4 Å². The summed E-state index contributed by atoms with van der Waals surface area (Å²) in [5.74, 6) is 0. The quantitative estimate of drug-likeness (QED) is 0.578. The highest BCUT2D eigenvalue weighted by Gasteiger charge is 2.21. The van der Waals surface area contributed by atoms with E-state index in [0.717, 1.165) is 12.2 Å². The fourth-order valence-electron chi connectivity index (χ4n) is 1.23. The van der Waals surface area contributed by atoms with Gasteiger partial charge in [0.25, 0.3) is 0 Å². The standard InChI is InChI=1S/C7H8N2O.C2H6/c1-8-5-6-3-2-4-9(6)7(8)10;1-2/h2-4H,5H2,1H3;1-2H3. The summed E-state index contributed by atoms with van der Waals surface area (Å²) >= 11 is 0. The first-order valence-corrected chi connectivity index (χ1v) is 4.21. The maximum atomic E-state index is 11.1. The van der Waals surface area contributed by atoms with E-state index in [1.54, 1.807) is 22.7 Å². The van der Waals surface area contributed by atoms with Crippen LogP contribution in [0.4, 0.5) is 4.79 Å². The molecule has 3 heteroatoms. The molecule has 12 heavy (non-hydrogen) atoms. The average Bonchev–Trinajstić information content (AvgIpc) is 2.62. The Kier molecular flexibility index (Phi) is 2.53. The predicted octanol–water partition coefficient (Wildman–Crippen LogP) is 1.93. The van der Waals surface area contributed by atoms with Crippen molar-refractivity contribution in [2.75, 3.05) is 7.05 Å². The molecule has 0 saturated heterocycles. The van der Waals surface area contributed by atoms with Gasteiger partial charge in [-0.05, 0) is 12.1 Å². The molecule has 1 aromatic heterocycles. The molecule has 0 unspecified atom stereocenters.